The molecule has 2 aromatic rings. The van der Waals surface area contributed by atoms with Crippen molar-refractivity contribution in [2.45, 2.75) is 30.8 Å². The minimum absolute atomic E-state index is 0.0194. The van der Waals surface area contributed by atoms with Gasteiger partial charge in [0.25, 0.3) is 5.56 Å². The van der Waals surface area contributed by atoms with Crippen molar-refractivity contribution in [3.05, 3.63) is 33.4 Å². The highest BCUT2D eigenvalue weighted by Gasteiger charge is 2.19. The van der Waals surface area contributed by atoms with Crippen molar-refractivity contribution >= 4 is 33.3 Å². The number of thioether (sulfide) groups is 1. The first-order valence-electron chi connectivity index (χ1n) is 6.08. The van der Waals surface area contributed by atoms with Crippen molar-refractivity contribution in [1.82, 2.24) is 9.97 Å². The molecule has 0 saturated heterocycles. The summed E-state index contributed by atoms with van der Waals surface area (Å²) in [6, 6.07) is 0. The fourth-order valence-corrected chi connectivity index (χ4v) is 4.27. The van der Waals surface area contributed by atoms with Gasteiger partial charge in [-0.2, -0.15) is 0 Å². The number of fused-ring (bicyclic) bond motifs is 3. The Kier molecular flexibility index (Phi) is 3.26. The molecule has 1 N–H and O–H groups in total. The summed E-state index contributed by atoms with van der Waals surface area (Å²) in [7, 11) is 0. The average Bonchev–Trinajstić information content (AvgIpc) is 2.74. The second-order valence-corrected chi connectivity index (χ2v) is 6.45. The summed E-state index contributed by atoms with van der Waals surface area (Å²) >= 11 is 3.21. The molecule has 0 unspecified atom stereocenters. The van der Waals surface area contributed by atoms with Crippen LogP contribution in [-0.2, 0) is 12.8 Å². The first-order chi connectivity index (χ1) is 8.79. The summed E-state index contributed by atoms with van der Waals surface area (Å²) < 4.78 is 0. The Morgan fingerprint density at radius 3 is 3.11 bits per heavy atom. The van der Waals surface area contributed by atoms with Crippen LogP contribution >= 0.6 is 23.1 Å². The number of thiophene rings is 1. The lowest BCUT2D eigenvalue weighted by atomic mass is 9.97. The molecule has 0 amide bonds. The van der Waals surface area contributed by atoms with E-state index < -0.39 is 0 Å². The van der Waals surface area contributed by atoms with Crippen LogP contribution in [0.25, 0.3) is 10.2 Å². The van der Waals surface area contributed by atoms with E-state index in [4.69, 9.17) is 0 Å². The van der Waals surface area contributed by atoms with E-state index in [0.717, 1.165) is 28.8 Å². The second-order valence-electron chi connectivity index (χ2n) is 4.36. The lowest BCUT2D eigenvalue weighted by Gasteiger charge is -2.09. The Labute approximate surface area is 113 Å². The smallest absolute Gasteiger partial charge is 0.260 e. The summed E-state index contributed by atoms with van der Waals surface area (Å²) in [4.78, 5) is 21.9. The number of rotatable bonds is 3. The maximum absolute atomic E-state index is 12.2. The quantitative estimate of drug-likeness (QED) is 0.533. The zero-order valence-electron chi connectivity index (χ0n) is 9.99. The average molecular weight is 278 g/mol. The molecule has 1 aliphatic rings. The molecule has 0 saturated carbocycles. The number of aryl methyl sites for hydroxylation is 2. The van der Waals surface area contributed by atoms with Crippen molar-refractivity contribution in [3.63, 3.8) is 0 Å². The summed E-state index contributed by atoms with van der Waals surface area (Å²) in [5, 5.41) is 1.53. The summed E-state index contributed by atoms with van der Waals surface area (Å²) in [6.07, 6.45) is 6.36. The maximum atomic E-state index is 12.2. The van der Waals surface area contributed by atoms with Crippen LogP contribution in [0.1, 0.15) is 23.3 Å². The topological polar surface area (TPSA) is 45.8 Å². The van der Waals surface area contributed by atoms with Crippen molar-refractivity contribution in [2.75, 3.05) is 5.75 Å². The molecule has 0 aromatic carbocycles. The highest BCUT2D eigenvalue weighted by molar-refractivity contribution is 7.99. The fraction of sp³-hybridized carbons (Fsp3) is 0.385. The molecule has 0 aliphatic heterocycles. The van der Waals surface area contributed by atoms with Gasteiger partial charge in [0.2, 0.25) is 0 Å². The van der Waals surface area contributed by atoms with Gasteiger partial charge in [0.05, 0.1) is 5.39 Å². The van der Waals surface area contributed by atoms with Crippen LogP contribution in [0.4, 0.5) is 0 Å². The minimum atomic E-state index is 0.0194. The number of nitrogens with one attached hydrogen (secondary N) is 1. The summed E-state index contributed by atoms with van der Waals surface area (Å²) in [5.41, 5.74) is 1.27. The number of nitrogens with zero attached hydrogens (tertiary/aromatic N) is 1. The standard InChI is InChI=1S/C13H14N2OS2/c1-2-7-17-13-14-11(16)10-8-5-3-4-6-9(8)18-12(10)15-13/h2H,1,3-7H2,(H,14,15,16). The first-order valence-corrected chi connectivity index (χ1v) is 7.88. The minimum Gasteiger partial charge on any atom is -0.301 e. The first kappa shape index (κ1) is 12.0. The van der Waals surface area contributed by atoms with Gasteiger partial charge in [-0.25, -0.2) is 4.98 Å². The Hall–Kier alpha value is -1.07. The molecule has 1 aliphatic carbocycles. The van der Waals surface area contributed by atoms with Crippen LogP contribution < -0.4 is 5.56 Å². The van der Waals surface area contributed by atoms with Crippen LogP contribution in [0.5, 0.6) is 0 Å². The van der Waals surface area contributed by atoms with E-state index in [0.29, 0.717) is 5.16 Å². The van der Waals surface area contributed by atoms with Crippen LogP contribution in [0.3, 0.4) is 0 Å². The highest BCUT2D eigenvalue weighted by Crippen LogP contribution is 2.34. The Morgan fingerprint density at radius 2 is 2.28 bits per heavy atom. The fourth-order valence-electron chi connectivity index (χ4n) is 2.35. The molecule has 18 heavy (non-hydrogen) atoms. The monoisotopic (exact) mass is 278 g/mol. The Balaban J connectivity index is 2.14. The van der Waals surface area contributed by atoms with Crippen molar-refractivity contribution in [3.8, 4) is 0 Å². The van der Waals surface area contributed by atoms with Gasteiger partial charge in [-0.3, -0.25) is 4.79 Å². The Bertz CT molecular complexity index is 657. The Morgan fingerprint density at radius 1 is 1.44 bits per heavy atom. The van der Waals surface area contributed by atoms with Crippen molar-refractivity contribution < 1.29 is 0 Å². The van der Waals surface area contributed by atoms with Gasteiger partial charge in [0, 0.05) is 10.6 Å². The van der Waals surface area contributed by atoms with E-state index in [1.165, 1.54) is 35.0 Å². The molecule has 0 bridgehead atoms. The molecule has 3 nitrogen and oxygen atoms in total. The van der Waals surface area contributed by atoms with Crippen LogP contribution in [0.15, 0.2) is 22.6 Å². The predicted octanol–water partition coefficient (Wildman–Crippen LogP) is 3.14. The zero-order valence-corrected chi connectivity index (χ0v) is 11.6. The van der Waals surface area contributed by atoms with Crippen molar-refractivity contribution in [2.24, 2.45) is 0 Å². The van der Waals surface area contributed by atoms with E-state index in [1.54, 1.807) is 11.3 Å². The van der Waals surface area contributed by atoms with Crippen LogP contribution in [-0.4, -0.2) is 15.7 Å². The third kappa shape index (κ3) is 2.01. The van der Waals surface area contributed by atoms with E-state index in [9.17, 15) is 4.79 Å². The SMILES string of the molecule is C=CCSc1nc2sc3c(c2c(=O)[nH]1)CCCC3. The summed E-state index contributed by atoms with van der Waals surface area (Å²) in [6.45, 7) is 3.68. The van der Waals surface area contributed by atoms with E-state index in [1.807, 2.05) is 6.08 Å². The van der Waals surface area contributed by atoms with Crippen molar-refractivity contribution in [1.29, 1.82) is 0 Å². The molecule has 3 rings (SSSR count). The largest absolute Gasteiger partial charge is 0.301 e. The molecule has 2 heterocycles. The lowest BCUT2D eigenvalue weighted by molar-refractivity contribution is 0.700. The molecular formula is C13H14N2OS2. The summed E-state index contributed by atoms with van der Waals surface area (Å²) in [5.74, 6) is 0.763. The molecule has 0 spiro atoms. The number of hydrogen-bond acceptors (Lipinski definition) is 4. The van der Waals surface area contributed by atoms with Gasteiger partial charge in [-0.15, -0.1) is 17.9 Å². The van der Waals surface area contributed by atoms with E-state index in [2.05, 4.69) is 16.5 Å². The zero-order chi connectivity index (χ0) is 12.5. The number of hydrogen-bond donors (Lipinski definition) is 1. The molecule has 0 atom stereocenters. The highest BCUT2D eigenvalue weighted by atomic mass is 32.2. The van der Waals surface area contributed by atoms with E-state index in [-0.39, 0.29) is 5.56 Å². The maximum Gasteiger partial charge on any atom is 0.260 e. The molecule has 2 aromatic heterocycles. The number of H-pyrrole nitrogens is 1. The van der Waals surface area contributed by atoms with Gasteiger partial charge < -0.3 is 4.98 Å². The number of aromatic amines is 1. The van der Waals surface area contributed by atoms with Gasteiger partial charge in [0.15, 0.2) is 5.16 Å². The molecule has 94 valence electrons. The third-order valence-electron chi connectivity index (χ3n) is 3.14. The molecule has 0 fully saturated rings. The third-order valence-corrected chi connectivity index (χ3v) is 5.20. The van der Waals surface area contributed by atoms with Gasteiger partial charge >= 0.3 is 0 Å². The van der Waals surface area contributed by atoms with E-state index >= 15 is 0 Å². The van der Waals surface area contributed by atoms with Gasteiger partial charge in [0.1, 0.15) is 4.83 Å². The molecular weight excluding hydrogens is 264 g/mol. The molecule has 0 radical (unpaired) electrons. The normalized spacial score (nSPS) is 14.7. The lowest BCUT2D eigenvalue weighted by Crippen LogP contribution is -2.10. The van der Waals surface area contributed by atoms with Crippen LogP contribution in [0, 0.1) is 0 Å². The van der Waals surface area contributed by atoms with Gasteiger partial charge in [-0.05, 0) is 31.2 Å². The van der Waals surface area contributed by atoms with Gasteiger partial charge in [-0.1, -0.05) is 17.8 Å². The van der Waals surface area contributed by atoms with Crippen LogP contribution in [0.2, 0.25) is 0 Å². The predicted molar refractivity (Wildman–Crippen MR) is 77.8 cm³/mol. The second kappa shape index (κ2) is 4.90. The molecule has 5 heteroatoms. The number of aromatic nitrogens is 2.